The average molecular weight is 463 g/mol. The van der Waals surface area contributed by atoms with E-state index in [4.69, 9.17) is 9.47 Å². The number of hydrogen-bond acceptors (Lipinski definition) is 5. The van der Waals surface area contributed by atoms with Gasteiger partial charge in [-0.2, -0.15) is 0 Å². The van der Waals surface area contributed by atoms with E-state index >= 15 is 0 Å². The highest BCUT2D eigenvalue weighted by molar-refractivity contribution is 9.10. The molecule has 0 bridgehead atoms. The van der Waals surface area contributed by atoms with Gasteiger partial charge in [0.1, 0.15) is 0 Å². The smallest absolute Gasteiger partial charge is 0.331 e. The molecule has 3 rings (SSSR count). The van der Waals surface area contributed by atoms with Crippen molar-refractivity contribution >= 4 is 26.8 Å². The molecule has 0 aliphatic carbocycles. The molecule has 3 aromatic rings. The number of ether oxygens (including phenoxy) is 2. The largest absolute Gasteiger partial charge is 0.493 e. The van der Waals surface area contributed by atoms with Crippen molar-refractivity contribution in [1.82, 2.24) is 9.13 Å². The van der Waals surface area contributed by atoms with Gasteiger partial charge in [-0.15, -0.1) is 0 Å². The summed E-state index contributed by atoms with van der Waals surface area (Å²) in [7, 11) is 2.97. The Hall–Kier alpha value is -2.58. The van der Waals surface area contributed by atoms with Gasteiger partial charge in [-0.05, 0) is 37.6 Å². The summed E-state index contributed by atoms with van der Waals surface area (Å²) in [6, 6.07) is 10.5. The third-order valence-corrected chi connectivity index (χ3v) is 5.06. The van der Waals surface area contributed by atoms with E-state index in [1.54, 1.807) is 26.0 Å². The number of rotatable bonds is 6. The molecule has 0 unspecified atom stereocenters. The molecule has 7 nitrogen and oxygen atoms in total. The third-order valence-electron chi connectivity index (χ3n) is 4.53. The lowest BCUT2D eigenvalue weighted by atomic mass is 10.1. The molecule has 0 radical (unpaired) electrons. The van der Waals surface area contributed by atoms with Crippen LogP contribution in [0, 0.1) is 0 Å². The van der Waals surface area contributed by atoms with Gasteiger partial charge in [0.15, 0.2) is 11.5 Å². The van der Waals surface area contributed by atoms with Crippen LogP contribution < -0.4 is 20.7 Å². The van der Waals surface area contributed by atoms with Gasteiger partial charge in [0.2, 0.25) is 0 Å². The van der Waals surface area contributed by atoms with Crippen LogP contribution >= 0.6 is 15.9 Å². The van der Waals surface area contributed by atoms with Crippen LogP contribution in [0.1, 0.15) is 19.4 Å². The molecule has 1 aromatic heterocycles. The zero-order chi connectivity index (χ0) is 21.3. The summed E-state index contributed by atoms with van der Waals surface area (Å²) < 4.78 is 14.1. The van der Waals surface area contributed by atoms with E-state index in [1.807, 2.05) is 24.3 Å². The second kappa shape index (κ2) is 8.04. The molecule has 0 saturated heterocycles. The zero-order valence-electron chi connectivity index (χ0n) is 16.7. The van der Waals surface area contributed by atoms with Crippen molar-refractivity contribution in [3.05, 3.63) is 67.3 Å². The topological polar surface area (TPSA) is 82.7 Å². The molecule has 1 heterocycles. The molecule has 0 aliphatic heterocycles. The number of halogens is 1. The molecule has 1 N–H and O–H groups in total. The summed E-state index contributed by atoms with van der Waals surface area (Å²) in [5.74, 6) is 0.787. The van der Waals surface area contributed by atoms with Gasteiger partial charge in [0.05, 0.1) is 43.8 Å². The fraction of sp³-hybridized carbons (Fsp3) is 0.333. The zero-order valence-corrected chi connectivity index (χ0v) is 18.3. The predicted octanol–water partition coefficient (Wildman–Crippen LogP) is 2.76. The fourth-order valence-electron chi connectivity index (χ4n) is 3.20. The second-order valence-corrected chi connectivity index (χ2v) is 8.34. The summed E-state index contributed by atoms with van der Waals surface area (Å²) in [5.41, 5.74) is -0.904. The minimum Gasteiger partial charge on any atom is -0.493 e. The normalized spacial score (nSPS) is 11.7. The lowest BCUT2D eigenvalue weighted by Crippen LogP contribution is -2.43. The van der Waals surface area contributed by atoms with Crippen molar-refractivity contribution < 1.29 is 14.6 Å². The molecule has 0 aliphatic rings. The summed E-state index contributed by atoms with van der Waals surface area (Å²) in [4.78, 5) is 26.4. The van der Waals surface area contributed by atoms with Crippen molar-refractivity contribution in [1.29, 1.82) is 0 Å². The van der Waals surface area contributed by atoms with Crippen LogP contribution in [0.2, 0.25) is 0 Å². The number of nitrogens with zero attached hydrogens (tertiary/aromatic N) is 2. The third kappa shape index (κ3) is 4.38. The maximum absolute atomic E-state index is 13.2. The van der Waals surface area contributed by atoms with Gasteiger partial charge in [-0.3, -0.25) is 13.9 Å². The number of fused-ring (bicyclic) bond motifs is 1. The molecule has 29 heavy (non-hydrogen) atoms. The van der Waals surface area contributed by atoms with Crippen molar-refractivity contribution in [2.45, 2.75) is 32.5 Å². The standard InChI is InChI=1S/C21H23BrN2O5/c1-21(2,27)12-24-16-10-18(29-4)17(28-3)9-15(16)19(25)23(20(24)26)11-13-5-7-14(22)8-6-13/h5-10,27H,11-12H2,1-4H3. The van der Waals surface area contributed by atoms with Crippen LogP contribution in [0.5, 0.6) is 11.5 Å². The quantitative estimate of drug-likeness (QED) is 0.608. The number of hydrogen-bond donors (Lipinski definition) is 1. The van der Waals surface area contributed by atoms with Gasteiger partial charge in [0, 0.05) is 10.5 Å². The first-order valence-corrected chi connectivity index (χ1v) is 9.80. The predicted molar refractivity (Wildman–Crippen MR) is 115 cm³/mol. The van der Waals surface area contributed by atoms with Gasteiger partial charge < -0.3 is 14.6 Å². The average Bonchev–Trinajstić information content (AvgIpc) is 2.68. The summed E-state index contributed by atoms with van der Waals surface area (Å²) in [6.07, 6.45) is 0. The number of benzene rings is 2. The van der Waals surface area contributed by atoms with Gasteiger partial charge in [-0.25, -0.2) is 4.79 Å². The van der Waals surface area contributed by atoms with Gasteiger partial charge in [0.25, 0.3) is 5.56 Å². The highest BCUT2D eigenvalue weighted by atomic mass is 79.9. The second-order valence-electron chi connectivity index (χ2n) is 7.42. The Bertz CT molecular complexity index is 1160. The molecule has 8 heteroatoms. The lowest BCUT2D eigenvalue weighted by Gasteiger charge is -2.22. The maximum atomic E-state index is 13.2. The number of aromatic nitrogens is 2. The van der Waals surface area contributed by atoms with Crippen LogP contribution in [0.3, 0.4) is 0 Å². The first-order valence-electron chi connectivity index (χ1n) is 9.01. The fourth-order valence-corrected chi connectivity index (χ4v) is 3.46. The Labute approximate surface area is 176 Å². The molecule has 0 amide bonds. The van der Waals surface area contributed by atoms with E-state index in [9.17, 15) is 14.7 Å². The Kier molecular flexibility index (Phi) is 5.86. The van der Waals surface area contributed by atoms with Crippen LogP contribution in [-0.4, -0.2) is 34.1 Å². The Balaban J connectivity index is 2.32. The van der Waals surface area contributed by atoms with E-state index in [1.165, 1.54) is 23.4 Å². The highest BCUT2D eigenvalue weighted by Crippen LogP contribution is 2.30. The summed E-state index contributed by atoms with van der Waals surface area (Å²) >= 11 is 3.38. The molecular weight excluding hydrogens is 440 g/mol. The molecule has 0 spiro atoms. The minimum absolute atomic E-state index is 0.0123. The van der Waals surface area contributed by atoms with Crippen LogP contribution in [0.4, 0.5) is 0 Å². The lowest BCUT2D eigenvalue weighted by molar-refractivity contribution is 0.0610. The molecule has 0 atom stereocenters. The monoisotopic (exact) mass is 462 g/mol. The van der Waals surface area contributed by atoms with Crippen molar-refractivity contribution in [2.24, 2.45) is 0 Å². The molecule has 0 saturated carbocycles. The summed E-state index contributed by atoms with van der Waals surface area (Å²) in [6.45, 7) is 3.34. The van der Waals surface area contributed by atoms with Gasteiger partial charge in [-0.1, -0.05) is 28.1 Å². The minimum atomic E-state index is -1.16. The Morgan fingerprint density at radius 2 is 1.59 bits per heavy atom. The number of methoxy groups -OCH3 is 2. The first kappa shape index (κ1) is 21.1. The summed E-state index contributed by atoms with van der Waals surface area (Å²) in [5, 5.41) is 10.7. The van der Waals surface area contributed by atoms with Crippen molar-refractivity contribution in [3.8, 4) is 11.5 Å². The molecule has 154 valence electrons. The van der Waals surface area contributed by atoms with Crippen LogP contribution in [0.25, 0.3) is 10.9 Å². The molecule has 0 fully saturated rings. The van der Waals surface area contributed by atoms with E-state index in [-0.39, 0.29) is 13.1 Å². The highest BCUT2D eigenvalue weighted by Gasteiger charge is 2.21. The first-order chi connectivity index (χ1) is 13.6. The number of aliphatic hydroxyl groups is 1. The van der Waals surface area contributed by atoms with Crippen molar-refractivity contribution in [2.75, 3.05) is 14.2 Å². The Morgan fingerprint density at radius 1 is 1.00 bits per heavy atom. The Morgan fingerprint density at radius 3 is 2.14 bits per heavy atom. The SMILES string of the molecule is COc1cc2c(=O)n(Cc3ccc(Br)cc3)c(=O)n(CC(C)(C)O)c2cc1OC. The van der Waals surface area contributed by atoms with E-state index < -0.39 is 16.9 Å². The van der Waals surface area contributed by atoms with E-state index in [2.05, 4.69) is 15.9 Å². The maximum Gasteiger partial charge on any atom is 0.331 e. The van der Waals surface area contributed by atoms with E-state index in [0.29, 0.717) is 22.4 Å². The molecule has 2 aromatic carbocycles. The van der Waals surface area contributed by atoms with Crippen LogP contribution in [-0.2, 0) is 13.1 Å². The van der Waals surface area contributed by atoms with Crippen LogP contribution in [0.15, 0.2) is 50.5 Å². The van der Waals surface area contributed by atoms with E-state index in [0.717, 1.165) is 10.0 Å². The molecular formula is C21H23BrN2O5. The van der Waals surface area contributed by atoms with Gasteiger partial charge >= 0.3 is 5.69 Å². The van der Waals surface area contributed by atoms with Crippen molar-refractivity contribution in [3.63, 3.8) is 0 Å².